The number of nitrogens with two attached hydrogens (primary N) is 1. The first-order valence-electron chi connectivity index (χ1n) is 4.17. The molecule has 2 heteroatoms. The lowest BCUT2D eigenvalue weighted by Crippen LogP contribution is -2.18. The lowest BCUT2D eigenvalue weighted by molar-refractivity contribution is 0.739. The van der Waals surface area contributed by atoms with Crippen molar-refractivity contribution in [3.63, 3.8) is 0 Å². The fraction of sp³-hybridized carbons (Fsp3) is 0.400. The van der Waals surface area contributed by atoms with Crippen molar-refractivity contribution in [2.45, 2.75) is 25.3 Å². The number of aryl methyl sites for hydroxylation is 1. The summed E-state index contributed by atoms with van der Waals surface area (Å²) in [4.78, 5) is 0. The standard InChI is InChI=1S/C10H12ClN/c1-7-6-8(2-3-9(7)11)10(12)4-5-10/h2-3,6H,4-5,12H2,1H3. The molecule has 0 radical (unpaired) electrons. The maximum Gasteiger partial charge on any atom is 0.0435 e. The minimum Gasteiger partial charge on any atom is -0.321 e. The quantitative estimate of drug-likeness (QED) is 0.708. The van der Waals surface area contributed by atoms with Gasteiger partial charge in [-0.05, 0) is 37.0 Å². The number of halogens is 1. The van der Waals surface area contributed by atoms with Gasteiger partial charge < -0.3 is 5.73 Å². The molecule has 1 saturated carbocycles. The minimum absolute atomic E-state index is 0.0324. The van der Waals surface area contributed by atoms with Gasteiger partial charge in [-0.2, -0.15) is 0 Å². The molecule has 0 aromatic heterocycles. The molecule has 1 aliphatic carbocycles. The van der Waals surface area contributed by atoms with E-state index in [4.69, 9.17) is 17.3 Å². The van der Waals surface area contributed by atoms with Gasteiger partial charge in [0.1, 0.15) is 0 Å². The van der Waals surface area contributed by atoms with E-state index in [2.05, 4.69) is 6.07 Å². The predicted molar refractivity (Wildman–Crippen MR) is 51.3 cm³/mol. The Morgan fingerprint density at radius 3 is 2.58 bits per heavy atom. The highest BCUT2D eigenvalue weighted by molar-refractivity contribution is 6.31. The van der Waals surface area contributed by atoms with Crippen LogP contribution in [0.5, 0.6) is 0 Å². The molecule has 0 amide bonds. The van der Waals surface area contributed by atoms with Gasteiger partial charge in [0, 0.05) is 10.6 Å². The largest absolute Gasteiger partial charge is 0.321 e. The van der Waals surface area contributed by atoms with Crippen LogP contribution in [-0.2, 0) is 5.54 Å². The summed E-state index contributed by atoms with van der Waals surface area (Å²) in [5.41, 5.74) is 8.35. The summed E-state index contributed by atoms with van der Waals surface area (Å²) in [7, 11) is 0. The van der Waals surface area contributed by atoms with Gasteiger partial charge >= 0.3 is 0 Å². The van der Waals surface area contributed by atoms with Crippen LogP contribution in [0.15, 0.2) is 18.2 Å². The summed E-state index contributed by atoms with van der Waals surface area (Å²) >= 11 is 5.91. The zero-order valence-corrected chi connectivity index (χ0v) is 7.86. The molecular formula is C10H12ClN. The lowest BCUT2D eigenvalue weighted by atomic mass is 10.0. The SMILES string of the molecule is Cc1cc(C2(N)CC2)ccc1Cl. The van der Waals surface area contributed by atoms with E-state index in [9.17, 15) is 0 Å². The van der Waals surface area contributed by atoms with Crippen LogP contribution in [-0.4, -0.2) is 0 Å². The molecule has 1 aromatic rings. The highest BCUT2D eigenvalue weighted by Crippen LogP contribution is 2.43. The molecule has 0 heterocycles. The Balaban J connectivity index is 2.41. The van der Waals surface area contributed by atoms with Crippen molar-refractivity contribution >= 4 is 11.6 Å². The summed E-state index contributed by atoms with van der Waals surface area (Å²) in [6.45, 7) is 2.01. The zero-order chi connectivity index (χ0) is 8.77. The smallest absolute Gasteiger partial charge is 0.0435 e. The van der Waals surface area contributed by atoms with Gasteiger partial charge in [0.25, 0.3) is 0 Å². The molecule has 1 fully saturated rings. The Bertz CT molecular complexity index is 316. The van der Waals surface area contributed by atoms with Gasteiger partial charge in [-0.3, -0.25) is 0 Å². The van der Waals surface area contributed by atoms with Gasteiger partial charge in [-0.1, -0.05) is 23.7 Å². The van der Waals surface area contributed by atoms with E-state index in [1.54, 1.807) is 0 Å². The number of hydrogen-bond donors (Lipinski definition) is 1. The normalized spacial score (nSPS) is 19.2. The fourth-order valence-electron chi connectivity index (χ4n) is 1.38. The van der Waals surface area contributed by atoms with E-state index in [1.807, 2.05) is 19.1 Å². The summed E-state index contributed by atoms with van der Waals surface area (Å²) in [5.74, 6) is 0. The molecule has 0 spiro atoms. The second-order valence-electron chi connectivity index (χ2n) is 3.62. The van der Waals surface area contributed by atoms with E-state index >= 15 is 0 Å². The fourth-order valence-corrected chi connectivity index (χ4v) is 1.50. The summed E-state index contributed by atoms with van der Waals surface area (Å²) < 4.78 is 0. The van der Waals surface area contributed by atoms with E-state index in [1.165, 1.54) is 5.56 Å². The summed E-state index contributed by atoms with van der Waals surface area (Å²) in [5, 5.41) is 0.822. The highest BCUT2D eigenvalue weighted by atomic mass is 35.5. The van der Waals surface area contributed by atoms with Crippen molar-refractivity contribution in [2.24, 2.45) is 5.73 Å². The van der Waals surface area contributed by atoms with Crippen LogP contribution in [0.25, 0.3) is 0 Å². The first-order valence-corrected chi connectivity index (χ1v) is 4.55. The van der Waals surface area contributed by atoms with E-state index < -0.39 is 0 Å². The van der Waals surface area contributed by atoms with Gasteiger partial charge in [-0.25, -0.2) is 0 Å². The maximum absolute atomic E-state index is 6.04. The van der Waals surface area contributed by atoms with Gasteiger partial charge in [-0.15, -0.1) is 0 Å². The van der Waals surface area contributed by atoms with E-state index in [0.717, 1.165) is 23.4 Å². The molecule has 0 saturated heterocycles. The molecule has 2 N–H and O–H groups in total. The predicted octanol–water partition coefficient (Wildman–Crippen LogP) is 2.60. The molecule has 1 aliphatic rings. The summed E-state index contributed by atoms with van der Waals surface area (Å²) in [6, 6.07) is 6.05. The molecule has 0 aliphatic heterocycles. The first-order chi connectivity index (χ1) is 5.62. The lowest BCUT2D eigenvalue weighted by Gasteiger charge is -2.10. The minimum atomic E-state index is -0.0324. The third kappa shape index (κ3) is 1.23. The Morgan fingerprint density at radius 2 is 2.08 bits per heavy atom. The molecule has 64 valence electrons. The second-order valence-corrected chi connectivity index (χ2v) is 4.03. The Hall–Kier alpha value is -0.530. The third-order valence-electron chi connectivity index (χ3n) is 2.52. The monoisotopic (exact) mass is 181 g/mol. The second kappa shape index (κ2) is 2.48. The first kappa shape index (κ1) is 8.09. The van der Waals surface area contributed by atoms with Crippen molar-refractivity contribution < 1.29 is 0 Å². The molecule has 0 bridgehead atoms. The van der Waals surface area contributed by atoms with E-state index in [-0.39, 0.29) is 5.54 Å². The van der Waals surface area contributed by atoms with Crippen LogP contribution in [0.2, 0.25) is 5.02 Å². The zero-order valence-electron chi connectivity index (χ0n) is 7.10. The Kier molecular flexibility index (Phi) is 1.67. The van der Waals surface area contributed by atoms with Crippen molar-refractivity contribution in [3.05, 3.63) is 34.3 Å². The Morgan fingerprint density at radius 1 is 1.42 bits per heavy atom. The third-order valence-corrected chi connectivity index (χ3v) is 2.95. The molecule has 0 atom stereocenters. The average molecular weight is 182 g/mol. The molecule has 0 unspecified atom stereocenters. The van der Waals surface area contributed by atoms with Crippen LogP contribution in [0, 0.1) is 6.92 Å². The average Bonchev–Trinajstić information content (AvgIpc) is 2.75. The molecule has 1 aromatic carbocycles. The topological polar surface area (TPSA) is 26.0 Å². The van der Waals surface area contributed by atoms with Crippen LogP contribution >= 0.6 is 11.6 Å². The van der Waals surface area contributed by atoms with Crippen molar-refractivity contribution in [1.29, 1.82) is 0 Å². The Labute approximate surface area is 77.5 Å². The van der Waals surface area contributed by atoms with Gasteiger partial charge in [0.05, 0.1) is 0 Å². The molecule has 12 heavy (non-hydrogen) atoms. The van der Waals surface area contributed by atoms with Crippen LogP contribution in [0.4, 0.5) is 0 Å². The van der Waals surface area contributed by atoms with Crippen LogP contribution in [0.3, 0.4) is 0 Å². The van der Waals surface area contributed by atoms with Crippen LogP contribution < -0.4 is 5.73 Å². The number of rotatable bonds is 1. The van der Waals surface area contributed by atoms with Crippen molar-refractivity contribution in [1.82, 2.24) is 0 Å². The van der Waals surface area contributed by atoms with E-state index in [0.29, 0.717) is 0 Å². The molecular weight excluding hydrogens is 170 g/mol. The summed E-state index contributed by atoms with van der Waals surface area (Å²) in [6.07, 6.45) is 2.21. The number of benzene rings is 1. The highest BCUT2D eigenvalue weighted by Gasteiger charge is 2.39. The maximum atomic E-state index is 6.04. The van der Waals surface area contributed by atoms with Crippen molar-refractivity contribution in [2.75, 3.05) is 0 Å². The van der Waals surface area contributed by atoms with Crippen LogP contribution in [0.1, 0.15) is 24.0 Å². The molecule has 2 rings (SSSR count). The van der Waals surface area contributed by atoms with Crippen molar-refractivity contribution in [3.8, 4) is 0 Å². The number of hydrogen-bond acceptors (Lipinski definition) is 1. The van der Waals surface area contributed by atoms with Gasteiger partial charge in [0.2, 0.25) is 0 Å². The van der Waals surface area contributed by atoms with Gasteiger partial charge in [0.15, 0.2) is 0 Å². The molecule has 1 nitrogen and oxygen atoms in total.